The monoisotopic (exact) mass is 293 g/mol. The quantitative estimate of drug-likeness (QED) is 0.770. The SMILES string of the molecule is CC(C(=O)NC1CCCC1)N1C(=O)NC2(CCCC2)C1=O. The molecule has 0 aromatic rings. The Labute approximate surface area is 124 Å². The number of imide groups is 1. The number of hydrogen-bond acceptors (Lipinski definition) is 3. The lowest BCUT2D eigenvalue weighted by atomic mass is 9.97. The van der Waals surface area contributed by atoms with Crippen molar-refractivity contribution in [1.29, 1.82) is 0 Å². The van der Waals surface area contributed by atoms with Gasteiger partial charge in [0, 0.05) is 6.04 Å². The lowest BCUT2D eigenvalue weighted by molar-refractivity contribution is -0.138. The highest BCUT2D eigenvalue weighted by atomic mass is 16.2. The van der Waals surface area contributed by atoms with Crippen LogP contribution in [0.15, 0.2) is 0 Å². The van der Waals surface area contributed by atoms with Crippen LogP contribution >= 0.6 is 0 Å². The van der Waals surface area contributed by atoms with E-state index in [0.29, 0.717) is 12.8 Å². The van der Waals surface area contributed by atoms with Gasteiger partial charge in [0.05, 0.1) is 0 Å². The fraction of sp³-hybridized carbons (Fsp3) is 0.800. The van der Waals surface area contributed by atoms with Gasteiger partial charge in [-0.25, -0.2) is 9.69 Å². The minimum absolute atomic E-state index is 0.196. The molecule has 3 aliphatic rings. The lowest BCUT2D eigenvalue weighted by Gasteiger charge is -2.24. The second-order valence-corrected chi connectivity index (χ2v) is 6.56. The second kappa shape index (κ2) is 5.31. The molecule has 1 spiro atoms. The van der Waals surface area contributed by atoms with E-state index in [1.54, 1.807) is 6.92 Å². The number of hydrogen-bond donors (Lipinski definition) is 2. The van der Waals surface area contributed by atoms with Crippen molar-refractivity contribution in [2.75, 3.05) is 0 Å². The zero-order valence-electron chi connectivity index (χ0n) is 12.5. The molecule has 0 aromatic carbocycles. The zero-order valence-corrected chi connectivity index (χ0v) is 12.5. The molecule has 2 aliphatic carbocycles. The number of nitrogens with zero attached hydrogens (tertiary/aromatic N) is 1. The van der Waals surface area contributed by atoms with Gasteiger partial charge in [0.25, 0.3) is 5.91 Å². The second-order valence-electron chi connectivity index (χ2n) is 6.56. The van der Waals surface area contributed by atoms with Gasteiger partial charge in [0.1, 0.15) is 11.6 Å². The molecule has 2 N–H and O–H groups in total. The zero-order chi connectivity index (χ0) is 15.0. The van der Waals surface area contributed by atoms with Crippen LogP contribution in [0, 0.1) is 0 Å². The molecule has 6 heteroatoms. The number of carbonyl (C=O) groups is 3. The molecule has 4 amide bonds. The molecule has 1 unspecified atom stereocenters. The summed E-state index contributed by atoms with van der Waals surface area (Å²) in [5.74, 6) is -0.445. The van der Waals surface area contributed by atoms with Crippen LogP contribution in [0.1, 0.15) is 58.3 Å². The van der Waals surface area contributed by atoms with Crippen molar-refractivity contribution >= 4 is 17.8 Å². The molecule has 1 atom stereocenters. The number of rotatable bonds is 3. The van der Waals surface area contributed by atoms with E-state index >= 15 is 0 Å². The van der Waals surface area contributed by atoms with Gasteiger partial charge in [-0.05, 0) is 32.6 Å². The summed E-state index contributed by atoms with van der Waals surface area (Å²) in [6, 6.07) is -0.963. The molecule has 0 bridgehead atoms. The van der Waals surface area contributed by atoms with Crippen LogP contribution in [0.5, 0.6) is 0 Å². The van der Waals surface area contributed by atoms with Gasteiger partial charge in [0.2, 0.25) is 5.91 Å². The normalized spacial score (nSPS) is 26.4. The summed E-state index contributed by atoms with van der Waals surface area (Å²) in [6.45, 7) is 1.63. The molecule has 2 saturated carbocycles. The third-order valence-electron chi connectivity index (χ3n) is 5.12. The van der Waals surface area contributed by atoms with Crippen LogP contribution < -0.4 is 10.6 Å². The molecular weight excluding hydrogens is 270 g/mol. The highest BCUT2D eigenvalue weighted by Crippen LogP contribution is 2.35. The van der Waals surface area contributed by atoms with Crippen molar-refractivity contribution in [2.45, 2.75) is 75.9 Å². The largest absolute Gasteiger partial charge is 0.352 e. The van der Waals surface area contributed by atoms with Crippen LogP contribution in [-0.4, -0.2) is 40.4 Å². The highest BCUT2D eigenvalue weighted by molar-refractivity contribution is 6.09. The van der Waals surface area contributed by atoms with Gasteiger partial charge in [0.15, 0.2) is 0 Å². The maximum atomic E-state index is 12.6. The summed E-state index contributed by atoms with van der Waals surface area (Å²) < 4.78 is 0. The van der Waals surface area contributed by atoms with Gasteiger partial charge in [-0.1, -0.05) is 25.7 Å². The summed E-state index contributed by atoms with van der Waals surface area (Å²) in [5.41, 5.74) is -0.737. The molecule has 1 saturated heterocycles. The first-order valence-corrected chi connectivity index (χ1v) is 8.00. The topological polar surface area (TPSA) is 78.5 Å². The molecule has 116 valence electrons. The predicted octanol–water partition coefficient (Wildman–Crippen LogP) is 1.30. The Bertz CT molecular complexity index is 465. The van der Waals surface area contributed by atoms with E-state index in [1.807, 2.05) is 0 Å². The van der Waals surface area contributed by atoms with Crippen molar-refractivity contribution in [3.63, 3.8) is 0 Å². The summed E-state index contributed by atoms with van der Waals surface area (Å²) in [7, 11) is 0. The summed E-state index contributed by atoms with van der Waals surface area (Å²) >= 11 is 0. The Kier molecular flexibility index (Phi) is 3.63. The number of urea groups is 1. The van der Waals surface area contributed by atoms with Crippen molar-refractivity contribution in [3.8, 4) is 0 Å². The first-order chi connectivity index (χ1) is 10.0. The maximum absolute atomic E-state index is 12.6. The number of amides is 4. The van der Waals surface area contributed by atoms with Crippen LogP contribution in [0.3, 0.4) is 0 Å². The van der Waals surface area contributed by atoms with Crippen LogP contribution in [-0.2, 0) is 9.59 Å². The molecule has 21 heavy (non-hydrogen) atoms. The first kappa shape index (κ1) is 14.4. The van der Waals surface area contributed by atoms with E-state index in [9.17, 15) is 14.4 Å². The van der Waals surface area contributed by atoms with Gasteiger partial charge >= 0.3 is 6.03 Å². The Morgan fingerprint density at radius 2 is 1.86 bits per heavy atom. The Balaban J connectivity index is 1.68. The molecule has 3 rings (SSSR count). The van der Waals surface area contributed by atoms with E-state index in [-0.39, 0.29) is 17.9 Å². The fourth-order valence-corrected chi connectivity index (χ4v) is 3.82. The van der Waals surface area contributed by atoms with Gasteiger partial charge in [-0.2, -0.15) is 0 Å². The third-order valence-corrected chi connectivity index (χ3v) is 5.12. The van der Waals surface area contributed by atoms with Crippen molar-refractivity contribution in [2.24, 2.45) is 0 Å². The fourth-order valence-electron chi connectivity index (χ4n) is 3.82. The van der Waals surface area contributed by atoms with E-state index in [0.717, 1.165) is 43.4 Å². The van der Waals surface area contributed by atoms with E-state index in [2.05, 4.69) is 10.6 Å². The average Bonchev–Trinajstić information content (AvgIpc) is 3.14. The minimum atomic E-state index is -0.738. The molecule has 0 aromatic heterocycles. The van der Waals surface area contributed by atoms with E-state index in [1.165, 1.54) is 0 Å². The average molecular weight is 293 g/mol. The Morgan fingerprint density at radius 1 is 1.24 bits per heavy atom. The summed E-state index contributed by atoms with van der Waals surface area (Å²) in [5, 5.41) is 5.78. The smallest absolute Gasteiger partial charge is 0.325 e. The number of nitrogens with one attached hydrogen (secondary N) is 2. The van der Waals surface area contributed by atoms with Crippen LogP contribution in [0.25, 0.3) is 0 Å². The third kappa shape index (κ3) is 2.40. The Hall–Kier alpha value is -1.59. The van der Waals surface area contributed by atoms with E-state index < -0.39 is 17.6 Å². The molecule has 1 heterocycles. The molecule has 0 radical (unpaired) electrons. The van der Waals surface area contributed by atoms with Gasteiger partial charge in [-0.15, -0.1) is 0 Å². The molecular formula is C15H23N3O3. The number of carbonyl (C=O) groups excluding carboxylic acids is 3. The van der Waals surface area contributed by atoms with Crippen molar-refractivity contribution in [1.82, 2.24) is 15.5 Å². The maximum Gasteiger partial charge on any atom is 0.325 e. The predicted molar refractivity (Wildman–Crippen MR) is 76.4 cm³/mol. The standard InChI is InChI=1S/C15H23N3O3/c1-10(12(19)16-11-6-2-3-7-11)18-13(20)15(17-14(18)21)8-4-5-9-15/h10-11H,2-9H2,1H3,(H,16,19)(H,17,21). The first-order valence-electron chi connectivity index (χ1n) is 8.00. The summed E-state index contributed by atoms with van der Waals surface area (Å²) in [6.07, 6.45) is 7.50. The highest BCUT2D eigenvalue weighted by Gasteiger charge is 2.54. The molecule has 3 fully saturated rings. The van der Waals surface area contributed by atoms with E-state index in [4.69, 9.17) is 0 Å². The molecule has 1 aliphatic heterocycles. The lowest BCUT2D eigenvalue weighted by Crippen LogP contribution is -2.51. The minimum Gasteiger partial charge on any atom is -0.352 e. The van der Waals surface area contributed by atoms with Gasteiger partial charge in [-0.3, -0.25) is 9.59 Å². The van der Waals surface area contributed by atoms with Crippen LogP contribution in [0.2, 0.25) is 0 Å². The molecule has 6 nitrogen and oxygen atoms in total. The Morgan fingerprint density at radius 3 is 2.48 bits per heavy atom. The van der Waals surface area contributed by atoms with Crippen molar-refractivity contribution < 1.29 is 14.4 Å². The summed E-state index contributed by atoms with van der Waals surface area (Å²) in [4.78, 5) is 38.1. The van der Waals surface area contributed by atoms with Gasteiger partial charge < -0.3 is 10.6 Å². The van der Waals surface area contributed by atoms with Crippen molar-refractivity contribution in [3.05, 3.63) is 0 Å². The van der Waals surface area contributed by atoms with Crippen LogP contribution in [0.4, 0.5) is 4.79 Å².